The topological polar surface area (TPSA) is 86.5 Å². The number of hydrogen-bond donors (Lipinski definition) is 0. The molecule has 2 aromatic carbocycles. The maximum Gasteiger partial charge on any atom is 0.330 e. The molecule has 0 radical (unpaired) electrons. The molecule has 0 atom stereocenters. The number of sulfone groups is 1. The average Bonchev–Trinajstić information content (AvgIpc) is 2.40. The van der Waals surface area contributed by atoms with Crippen LogP contribution in [0.1, 0.15) is 0 Å². The van der Waals surface area contributed by atoms with Gasteiger partial charge in [-0.3, -0.25) is 10.1 Å². The Kier molecular flexibility index (Phi) is 4.74. The molecule has 0 saturated heterocycles. The highest BCUT2D eigenvalue weighted by molar-refractivity contribution is 9.10. The van der Waals surface area contributed by atoms with Crippen molar-refractivity contribution in [1.29, 1.82) is 0 Å². The monoisotopic (exact) mass is 405 g/mol. The van der Waals surface area contributed by atoms with Gasteiger partial charge >= 0.3 is 5.69 Å². The van der Waals surface area contributed by atoms with E-state index < -0.39 is 25.3 Å². The van der Waals surface area contributed by atoms with E-state index in [-0.39, 0.29) is 16.5 Å². The fourth-order valence-electron chi connectivity index (χ4n) is 1.74. The van der Waals surface area contributed by atoms with Crippen molar-refractivity contribution in [2.24, 2.45) is 0 Å². The highest BCUT2D eigenvalue weighted by atomic mass is 79.9. The van der Waals surface area contributed by atoms with Crippen molar-refractivity contribution in [3.05, 3.63) is 56.0 Å². The van der Waals surface area contributed by atoms with Crippen molar-refractivity contribution < 1.29 is 18.1 Å². The number of ether oxygens (including phenoxy) is 1. The summed E-state index contributed by atoms with van der Waals surface area (Å²) in [5.41, 5.74) is -0.621. The Morgan fingerprint density at radius 3 is 2.45 bits per heavy atom. The minimum Gasteiger partial charge on any atom is -0.449 e. The van der Waals surface area contributed by atoms with Gasteiger partial charge in [0.1, 0.15) is 10.6 Å². The zero-order valence-corrected chi connectivity index (χ0v) is 14.3. The van der Waals surface area contributed by atoms with Crippen LogP contribution in [0.15, 0.2) is 45.8 Å². The third kappa shape index (κ3) is 3.57. The second-order valence-corrected chi connectivity index (χ2v) is 7.62. The number of nitro groups is 1. The van der Waals surface area contributed by atoms with Crippen LogP contribution in [-0.2, 0) is 9.84 Å². The molecule has 0 N–H and O–H groups in total. The Balaban J connectivity index is 2.59. The molecular weight excluding hydrogens is 398 g/mol. The summed E-state index contributed by atoms with van der Waals surface area (Å²) in [7, 11) is -3.77. The van der Waals surface area contributed by atoms with Gasteiger partial charge in [0.05, 0.1) is 9.95 Å². The maximum absolute atomic E-state index is 11.7. The van der Waals surface area contributed by atoms with Crippen molar-refractivity contribution in [1.82, 2.24) is 0 Å². The molecule has 0 amide bonds. The van der Waals surface area contributed by atoms with Crippen molar-refractivity contribution in [2.45, 2.75) is 4.90 Å². The summed E-state index contributed by atoms with van der Waals surface area (Å²) in [6, 6.07) is 8.56. The molecular formula is C13H9BrClNO5S. The Morgan fingerprint density at radius 2 is 1.91 bits per heavy atom. The van der Waals surface area contributed by atoms with Gasteiger partial charge in [0.2, 0.25) is 5.75 Å². The summed E-state index contributed by atoms with van der Waals surface area (Å²) in [6.45, 7) is 0. The number of nitrogens with zero attached hydrogens (tertiary/aromatic N) is 1. The van der Waals surface area contributed by atoms with Crippen molar-refractivity contribution in [3.63, 3.8) is 0 Å². The fourth-order valence-corrected chi connectivity index (χ4v) is 3.30. The minimum atomic E-state index is -3.77. The van der Waals surface area contributed by atoms with Gasteiger partial charge in [0, 0.05) is 10.7 Å². The third-order valence-corrected chi connectivity index (χ3v) is 4.57. The van der Waals surface area contributed by atoms with Crippen LogP contribution >= 0.6 is 27.5 Å². The lowest BCUT2D eigenvalue weighted by molar-refractivity contribution is -0.388. The molecule has 0 heterocycles. The molecule has 22 heavy (non-hydrogen) atoms. The Labute approximate surface area is 139 Å². The number of halogens is 2. The summed E-state index contributed by atoms with van der Waals surface area (Å²) >= 11 is 9.23. The van der Waals surface area contributed by atoms with Crippen LogP contribution in [-0.4, -0.2) is 19.6 Å². The molecule has 0 aromatic heterocycles. The van der Waals surface area contributed by atoms with Crippen molar-refractivity contribution in [2.75, 3.05) is 6.26 Å². The molecule has 0 aliphatic rings. The molecule has 0 saturated carbocycles. The first-order valence-corrected chi connectivity index (χ1v) is 8.87. The normalized spacial score (nSPS) is 11.2. The van der Waals surface area contributed by atoms with E-state index in [9.17, 15) is 18.5 Å². The van der Waals surface area contributed by atoms with Crippen LogP contribution in [0.25, 0.3) is 0 Å². The summed E-state index contributed by atoms with van der Waals surface area (Å²) in [6.07, 6.45) is 0.895. The first kappa shape index (κ1) is 16.7. The van der Waals surface area contributed by atoms with E-state index in [2.05, 4.69) is 15.9 Å². The first-order chi connectivity index (χ1) is 10.2. The molecule has 116 valence electrons. The fraction of sp³-hybridized carbons (Fsp3) is 0.0769. The van der Waals surface area contributed by atoms with Crippen molar-refractivity contribution >= 4 is 43.1 Å². The van der Waals surface area contributed by atoms with Gasteiger partial charge in [0.25, 0.3) is 0 Å². The lowest BCUT2D eigenvalue weighted by Gasteiger charge is -2.10. The van der Waals surface area contributed by atoms with E-state index in [1.54, 1.807) is 12.1 Å². The second-order valence-electron chi connectivity index (χ2n) is 4.31. The molecule has 2 rings (SSSR count). The molecule has 0 bridgehead atoms. The number of para-hydroxylation sites is 1. The Bertz CT molecular complexity index is 854. The number of rotatable bonds is 4. The highest BCUT2D eigenvalue weighted by Gasteiger charge is 2.27. The van der Waals surface area contributed by atoms with Crippen LogP contribution in [0.2, 0.25) is 5.02 Å². The van der Waals surface area contributed by atoms with Crippen molar-refractivity contribution in [3.8, 4) is 11.5 Å². The first-order valence-electron chi connectivity index (χ1n) is 5.80. The number of hydrogen-bond acceptors (Lipinski definition) is 5. The lowest BCUT2D eigenvalue weighted by atomic mass is 10.3. The molecule has 6 nitrogen and oxygen atoms in total. The average molecular weight is 407 g/mol. The van der Waals surface area contributed by atoms with E-state index in [4.69, 9.17) is 16.3 Å². The maximum atomic E-state index is 11.7. The third-order valence-electron chi connectivity index (χ3n) is 2.66. The SMILES string of the molecule is CS(=O)(=O)c1cccc(Oc2ccc(Br)cc2Cl)c1[N+](=O)[O-]. The largest absolute Gasteiger partial charge is 0.449 e. The number of benzene rings is 2. The number of nitro benzene ring substituents is 1. The summed E-state index contributed by atoms with van der Waals surface area (Å²) < 4.78 is 29.5. The smallest absolute Gasteiger partial charge is 0.330 e. The zero-order valence-electron chi connectivity index (χ0n) is 11.1. The molecule has 9 heteroatoms. The van der Waals surface area contributed by atoms with E-state index in [0.29, 0.717) is 4.47 Å². The summed E-state index contributed by atoms with van der Waals surface area (Å²) in [4.78, 5) is 10.0. The van der Waals surface area contributed by atoms with Crippen LogP contribution in [0, 0.1) is 10.1 Å². The standard InChI is InChI=1S/C13H9BrClNO5S/c1-22(19,20)12-4-2-3-11(13(12)16(17)18)21-10-6-5-8(14)7-9(10)15/h2-7H,1H3. The van der Waals surface area contributed by atoms with Gasteiger partial charge in [-0.25, -0.2) is 8.42 Å². The zero-order chi connectivity index (χ0) is 16.5. The second kappa shape index (κ2) is 6.23. The van der Waals surface area contributed by atoms with E-state index in [1.165, 1.54) is 18.2 Å². The molecule has 0 unspecified atom stereocenters. The lowest BCUT2D eigenvalue weighted by Crippen LogP contribution is -2.04. The van der Waals surface area contributed by atoms with E-state index in [0.717, 1.165) is 12.3 Å². The van der Waals surface area contributed by atoms with Gasteiger partial charge in [-0.1, -0.05) is 33.6 Å². The summed E-state index contributed by atoms with van der Waals surface area (Å²) in [5.74, 6) is -0.0178. The van der Waals surface area contributed by atoms with Crippen LogP contribution in [0.3, 0.4) is 0 Å². The van der Waals surface area contributed by atoms with Gasteiger partial charge in [-0.2, -0.15) is 0 Å². The van der Waals surface area contributed by atoms with Gasteiger partial charge in [0.15, 0.2) is 9.84 Å². The van der Waals surface area contributed by atoms with Gasteiger partial charge in [-0.05, 0) is 30.3 Å². The highest BCUT2D eigenvalue weighted by Crippen LogP contribution is 2.39. The molecule has 0 spiro atoms. The van der Waals surface area contributed by atoms with E-state index >= 15 is 0 Å². The van der Waals surface area contributed by atoms with Crippen LogP contribution in [0.5, 0.6) is 11.5 Å². The summed E-state index contributed by atoms with van der Waals surface area (Å²) in [5, 5.41) is 11.5. The Morgan fingerprint density at radius 1 is 1.23 bits per heavy atom. The minimum absolute atomic E-state index is 0.179. The molecule has 0 fully saturated rings. The predicted octanol–water partition coefficient (Wildman–Crippen LogP) is 4.21. The van der Waals surface area contributed by atoms with Gasteiger partial charge < -0.3 is 4.74 Å². The quantitative estimate of drug-likeness (QED) is 0.561. The van der Waals surface area contributed by atoms with Gasteiger partial charge in [-0.15, -0.1) is 0 Å². The molecule has 2 aromatic rings. The molecule has 0 aliphatic heterocycles. The molecule has 0 aliphatic carbocycles. The predicted molar refractivity (Wildman–Crippen MR) is 85.4 cm³/mol. The van der Waals surface area contributed by atoms with E-state index in [1.807, 2.05) is 0 Å². The van der Waals surface area contributed by atoms with Crippen LogP contribution in [0.4, 0.5) is 5.69 Å². The Hall–Kier alpha value is -1.64. The van der Waals surface area contributed by atoms with Crippen LogP contribution < -0.4 is 4.74 Å².